The summed E-state index contributed by atoms with van der Waals surface area (Å²) in [4.78, 5) is 11.7. The van der Waals surface area contributed by atoms with Crippen molar-refractivity contribution < 1.29 is 9.90 Å². The van der Waals surface area contributed by atoms with Crippen LogP contribution in [0.25, 0.3) is 0 Å². The van der Waals surface area contributed by atoms with E-state index in [-0.39, 0.29) is 0 Å². The third kappa shape index (κ3) is 2.08. The number of hydrogen-bond acceptors (Lipinski definition) is 1. The van der Waals surface area contributed by atoms with Gasteiger partial charge in [0.15, 0.2) is 0 Å². The van der Waals surface area contributed by atoms with Gasteiger partial charge in [0.1, 0.15) is 0 Å². The van der Waals surface area contributed by atoms with E-state index in [2.05, 4.69) is 19.9 Å². The van der Waals surface area contributed by atoms with E-state index in [1.807, 2.05) is 18.2 Å². The third-order valence-electron chi connectivity index (χ3n) is 3.91. The van der Waals surface area contributed by atoms with Crippen molar-refractivity contribution in [1.29, 1.82) is 0 Å². The van der Waals surface area contributed by atoms with Gasteiger partial charge in [-0.3, -0.25) is 4.79 Å². The van der Waals surface area contributed by atoms with Crippen molar-refractivity contribution in [1.82, 2.24) is 0 Å². The summed E-state index contributed by atoms with van der Waals surface area (Å²) in [7, 11) is 0. The molecule has 17 heavy (non-hydrogen) atoms. The molecule has 0 aromatic heterocycles. The number of hydrogen-bond donors (Lipinski definition) is 1. The standard InChI is InChI=1S/C15H20O2/c1-11(2)7-9-15(14(16)17)10-8-12-5-3-4-6-13(12)15/h3-6,11H,7-10H2,1-2H3,(H,16,17). The van der Waals surface area contributed by atoms with Crippen molar-refractivity contribution in [2.75, 3.05) is 0 Å². The summed E-state index contributed by atoms with van der Waals surface area (Å²) in [6.07, 6.45) is 3.40. The van der Waals surface area contributed by atoms with Gasteiger partial charge in [0.25, 0.3) is 0 Å². The van der Waals surface area contributed by atoms with Crippen molar-refractivity contribution in [3.63, 3.8) is 0 Å². The topological polar surface area (TPSA) is 37.3 Å². The molecule has 0 fully saturated rings. The van der Waals surface area contributed by atoms with Crippen LogP contribution >= 0.6 is 0 Å². The minimum atomic E-state index is -0.650. The Balaban J connectivity index is 2.34. The number of carboxylic acids is 1. The average molecular weight is 232 g/mol. The quantitative estimate of drug-likeness (QED) is 0.864. The van der Waals surface area contributed by atoms with Crippen LogP contribution in [0.4, 0.5) is 0 Å². The van der Waals surface area contributed by atoms with Gasteiger partial charge in [-0.25, -0.2) is 0 Å². The average Bonchev–Trinajstić information content (AvgIpc) is 2.67. The van der Waals surface area contributed by atoms with E-state index in [4.69, 9.17) is 0 Å². The van der Waals surface area contributed by atoms with Crippen LogP contribution < -0.4 is 0 Å². The van der Waals surface area contributed by atoms with Crippen molar-refractivity contribution in [3.05, 3.63) is 35.4 Å². The molecule has 1 aliphatic rings. The van der Waals surface area contributed by atoms with E-state index in [1.165, 1.54) is 5.56 Å². The number of carbonyl (C=O) groups is 1. The molecule has 2 nitrogen and oxygen atoms in total. The monoisotopic (exact) mass is 232 g/mol. The first-order valence-electron chi connectivity index (χ1n) is 6.38. The Bertz CT molecular complexity index is 423. The molecule has 0 aliphatic heterocycles. The first kappa shape index (κ1) is 12.2. The first-order chi connectivity index (χ1) is 8.06. The normalized spacial score (nSPS) is 22.8. The largest absolute Gasteiger partial charge is 0.481 e. The molecule has 0 saturated carbocycles. The molecule has 1 aromatic carbocycles. The van der Waals surface area contributed by atoms with E-state index in [9.17, 15) is 9.90 Å². The van der Waals surface area contributed by atoms with Gasteiger partial charge < -0.3 is 5.11 Å². The Labute approximate surface area is 103 Å². The molecule has 0 heterocycles. The van der Waals surface area contributed by atoms with Crippen molar-refractivity contribution in [2.24, 2.45) is 5.92 Å². The molecule has 1 N–H and O–H groups in total. The summed E-state index contributed by atoms with van der Waals surface area (Å²) in [6, 6.07) is 8.02. The molecular weight excluding hydrogens is 212 g/mol. The highest BCUT2D eigenvalue weighted by Crippen LogP contribution is 2.43. The molecule has 1 aromatic rings. The predicted molar refractivity (Wildman–Crippen MR) is 68.1 cm³/mol. The summed E-state index contributed by atoms with van der Waals surface area (Å²) in [6.45, 7) is 4.30. The zero-order valence-corrected chi connectivity index (χ0v) is 10.6. The molecule has 1 unspecified atom stereocenters. The summed E-state index contributed by atoms with van der Waals surface area (Å²) in [5, 5.41) is 9.62. The summed E-state index contributed by atoms with van der Waals surface area (Å²) < 4.78 is 0. The second-order valence-electron chi connectivity index (χ2n) is 5.48. The van der Waals surface area contributed by atoms with Crippen molar-refractivity contribution in [2.45, 2.75) is 44.9 Å². The number of carboxylic acid groups (broad SMARTS) is 1. The van der Waals surface area contributed by atoms with Crippen LogP contribution in [0.2, 0.25) is 0 Å². The lowest BCUT2D eigenvalue weighted by Crippen LogP contribution is -2.33. The van der Waals surface area contributed by atoms with E-state index in [1.54, 1.807) is 0 Å². The van der Waals surface area contributed by atoms with Crippen LogP contribution in [0.3, 0.4) is 0 Å². The van der Waals surface area contributed by atoms with Gasteiger partial charge in [0, 0.05) is 0 Å². The van der Waals surface area contributed by atoms with E-state index < -0.39 is 11.4 Å². The number of benzene rings is 1. The van der Waals surface area contributed by atoms with Crippen LogP contribution in [-0.4, -0.2) is 11.1 Å². The van der Waals surface area contributed by atoms with Gasteiger partial charge in [-0.1, -0.05) is 38.1 Å². The van der Waals surface area contributed by atoms with Gasteiger partial charge in [0.05, 0.1) is 5.41 Å². The fourth-order valence-electron chi connectivity index (χ4n) is 2.81. The lowest BCUT2D eigenvalue weighted by molar-refractivity contribution is -0.144. The highest BCUT2D eigenvalue weighted by Gasteiger charge is 2.44. The predicted octanol–water partition coefficient (Wildman–Crippen LogP) is 3.39. The van der Waals surface area contributed by atoms with Crippen molar-refractivity contribution in [3.8, 4) is 0 Å². The van der Waals surface area contributed by atoms with Crippen LogP contribution in [0.5, 0.6) is 0 Å². The molecule has 2 rings (SSSR count). The zero-order chi connectivity index (χ0) is 12.5. The molecule has 2 heteroatoms. The Hall–Kier alpha value is -1.31. The fourth-order valence-corrected chi connectivity index (χ4v) is 2.81. The van der Waals surface area contributed by atoms with Gasteiger partial charge in [-0.2, -0.15) is 0 Å². The lowest BCUT2D eigenvalue weighted by Gasteiger charge is -2.26. The highest BCUT2D eigenvalue weighted by molar-refractivity contribution is 5.83. The van der Waals surface area contributed by atoms with Crippen LogP contribution in [-0.2, 0) is 16.6 Å². The molecule has 0 bridgehead atoms. The summed E-state index contributed by atoms with van der Waals surface area (Å²) in [5.41, 5.74) is 1.65. The Kier molecular flexibility index (Phi) is 3.23. The van der Waals surface area contributed by atoms with Gasteiger partial charge in [-0.05, 0) is 42.7 Å². The molecule has 0 spiro atoms. The number of fused-ring (bicyclic) bond motifs is 1. The second-order valence-corrected chi connectivity index (χ2v) is 5.48. The zero-order valence-electron chi connectivity index (χ0n) is 10.6. The SMILES string of the molecule is CC(C)CCC1(C(=O)O)CCc2ccccc21. The van der Waals surface area contributed by atoms with Gasteiger partial charge in [0.2, 0.25) is 0 Å². The van der Waals surface area contributed by atoms with E-state index in [0.29, 0.717) is 5.92 Å². The maximum absolute atomic E-state index is 11.7. The van der Waals surface area contributed by atoms with E-state index >= 15 is 0 Å². The van der Waals surface area contributed by atoms with Crippen LogP contribution in [0.15, 0.2) is 24.3 Å². The maximum atomic E-state index is 11.7. The molecule has 1 aliphatic carbocycles. The molecule has 0 saturated heterocycles. The summed E-state index contributed by atoms with van der Waals surface area (Å²) >= 11 is 0. The van der Waals surface area contributed by atoms with Gasteiger partial charge >= 0.3 is 5.97 Å². The fraction of sp³-hybridized carbons (Fsp3) is 0.533. The van der Waals surface area contributed by atoms with Crippen LogP contribution in [0, 0.1) is 5.92 Å². The smallest absolute Gasteiger partial charge is 0.314 e. The second kappa shape index (κ2) is 4.52. The van der Waals surface area contributed by atoms with Crippen molar-refractivity contribution >= 4 is 5.97 Å². The molecule has 0 radical (unpaired) electrons. The Morgan fingerprint density at radius 1 is 1.41 bits per heavy atom. The number of rotatable bonds is 4. The molecule has 1 atom stereocenters. The number of aryl methyl sites for hydroxylation is 1. The minimum Gasteiger partial charge on any atom is -0.481 e. The molecule has 0 amide bonds. The lowest BCUT2D eigenvalue weighted by atomic mass is 9.76. The number of aliphatic carboxylic acids is 1. The Morgan fingerprint density at radius 3 is 2.76 bits per heavy atom. The minimum absolute atomic E-state index is 0.555. The highest BCUT2D eigenvalue weighted by atomic mass is 16.4. The Morgan fingerprint density at radius 2 is 2.12 bits per heavy atom. The third-order valence-corrected chi connectivity index (χ3v) is 3.91. The van der Waals surface area contributed by atoms with E-state index in [0.717, 1.165) is 31.2 Å². The molecule has 92 valence electrons. The maximum Gasteiger partial charge on any atom is 0.314 e. The first-order valence-corrected chi connectivity index (χ1v) is 6.38. The van der Waals surface area contributed by atoms with Gasteiger partial charge in [-0.15, -0.1) is 0 Å². The molecular formula is C15H20O2. The summed E-state index contributed by atoms with van der Waals surface area (Å²) in [5.74, 6) is -0.0953. The van der Waals surface area contributed by atoms with Crippen LogP contribution in [0.1, 0.15) is 44.2 Å².